The Bertz CT molecular complexity index is 607. The highest BCUT2D eigenvalue weighted by Crippen LogP contribution is 2.22. The summed E-state index contributed by atoms with van der Waals surface area (Å²) in [7, 11) is 0. The van der Waals surface area contributed by atoms with Crippen molar-refractivity contribution in [1.29, 1.82) is 0 Å². The monoisotopic (exact) mass is 251 g/mol. The second kappa shape index (κ2) is 4.33. The average molecular weight is 251 g/mol. The van der Waals surface area contributed by atoms with Crippen LogP contribution >= 0.6 is 0 Å². The fourth-order valence-corrected chi connectivity index (χ4v) is 1.69. The maximum absolute atomic E-state index is 13.0. The second-order valence-corrected chi connectivity index (χ2v) is 4.37. The Kier molecular flexibility index (Phi) is 2.99. The lowest BCUT2D eigenvalue weighted by atomic mass is 10.2. The summed E-state index contributed by atoms with van der Waals surface area (Å²) in [5.74, 6) is -2.81. The van der Waals surface area contributed by atoms with Crippen molar-refractivity contribution in [3.63, 3.8) is 0 Å². The Hall–Kier alpha value is -2.03. The number of pyridine rings is 1. The summed E-state index contributed by atoms with van der Waals surface area (Å²) in [6.45, 7) is 7.40. The molecule has 18 heavy (non-hydrogen) atoms. The third-order valence-electron chi connectivity index (χ3n) is 2.63. The van der Waals surface area contributed by atoms with E-state index in [9.17, 15) is 8.78 Å². The van der Waals surface area contributed by atoms with Crippen molar-refractivity contribution in [3.05, 3.63) is 29.0 Å². The summed E-state index contributed by atoms with van der Waals surface area (Å²) in [4.78, 5) is 7.78. The molecule has 0 fully saturated rings. The number of aromatic nitrogens is 3. The van der Waals surface area contributed by atoms with Gasteiger partial charge in [0.15, 0.2) is 0 Å². The van der Waals surface area contributed by atoms with Crippen molar-refractivity contribution in [1.82, 2.24) is 14.8 Å². The number of hydrogen-bond donors (Lipinski definition) is 0. The molecule has 2 aromatic heterocycles. The van der Waals surface area contributed by atoms with Gasteiger partial charge >= 0.3 is 6.04 Å². The molecular weight excluding hydrogens is 238 g/mol. The second-order valence-electron chi connectivity index (χ2n) is 4.37. The van der Waals surface area contributed by atoms with Gasteiger partial charge in [0.25, 0.3) is 12.5 Å². The molecule has 0 spiro atoms. The van der Waals surface area contributed by atoms with Crippen LogP contribution in [0.5, 0.6) is 0 Å². The topological polar surface area (TPSA) is 35.1 Å². The SMILES string of the molecule is C#[N+][C@H](C)c1cc2cnn(CC(C)(F)F)c2cn1. The minimum atomic E-state index is -2.81. The van der Waals surface area contributed by atoms with Crippen molar-refractivity contribution < 1.29 is 8.78 Å². The van der Waals surface area contributed by atoms with E-state index in [0.717, 1.165) is 12.3 Å². The first kappa shape index (κ1) is 12.4. The molecule has 6 heteroatoms. The minimum Gasteiger partial charge on any atom is -0.257 e. The van der Waals surface area contributed by atoms with Crippen LogP contribution in [0, 0.1) is 6.57 Å². The van der Waals surface area contributed by atoms with E-state index in [1.165, 1.54) is 17.1 Å². The number of alkyl halides is 2. The number of rotatable bonds is 3. The fourth-order valence-electron chi connectivity index (χ4n) is 1.69. The van der Waals surface area contributed by atoms with Crippen molar-refractivity contribution in [3.8, 4) is 6.57 Å². The maximum atomic E-state index is 13.0. The molecule has 1 atom stereocenters. The maximum Gasteiger partial charge on any atom is 0.310 e. The summed E-state index contributed by atoms with van der Waals surface area (Å²) in [6, 6.07) is 1.53. The highest BCUT2D eigenvalue weighted by Gasteiger charge is 2.24. The normalized spacial score (nSPS) is 13.5. The molecule has 0 amide bonds. The van der Waals surface area contributed by atoms with Crippen LogP contribution in [0.2, 0.25) is 0 Å². The third kappa shape index (κ3) is 2.45. The van der Waals surface area contributed by atoms with Gasteiger partial charge in [-0.1, -0.05) is 4.85 Å². The van der Waals surface area contributed by atoms with Gasteiger partial charge in [0.05, 0.1) is 17.9 Å². The Morgan fingerprint density at radius 2 is 2.22 bits per heavy atom. The van der Waals surface area contributed by atoms with E-state index < -0.39 is 12.5 Å². The summed E-state index contributed by atoms with van der Waals surface area (Å²) in [5, 5.41) is 4.69. The Morgan fingerprint density at radius 1 is 1.50 bits per heavy atom. The number of hydrogen-bond acceptors (Lipinski definition) is 2. The van der Waals surface area contributed by atoms with Crippen molar-refractivity contribution in [2.24, 2.45) is 0 Å². The molecule has 0 aliphatic rings. The molecule has 0 N–H and O–H groups in total. The van der Waals surface area contributed by atoms with Crippen LogP contribution in [0.15, 0.2) is 18.5 Å². The van der Waals surface area contributed by atoms with Gasteiger partial charge in [-0.3, -0.25) is 9.67 Å². The molecule has 0 aliphatic carbocycles. The van der Waals surface area contributed by atoms with Crippen LogP contribution in [-0.2, 0) is 6.54 Å². The fraction of sp³-hybridized carbons (Fsp3) is 0.417. The zero-order valence-electron chi connectivity index (χ0n) is 10.1. The first-order chi connectivity index (χ1) is 8.40. The van der Waals surface area contributed by atoms with Crippen LogP contribution in [0.25, 0.3) is 15.7 Å². The molecule has 0 unspecified atom stereocenters. The first-order valence-electron chi connectivity index (χ1n) is 5.50. The Balaban J connectivity index is 2.41. The molecule has 0 saturated carbocycles. The highest BCUT2D eigenvalue weighted by atomic mass is 19.3. The lowest BCUT2D eigenvalue weighted by molar-refractivity contribution is 0.00181. The van der Waals surface area contributed by atoms with E-state index in [1.807, 2.05) is 0 Å². The van der Waals surface area contributed by atoms with Gasteiger partial charge in [-0.2, -0.15) is 5.10 Å². The molecular formula is C12H13F2N4+. The van der Waals surface area contributed by atoms with Crippen molar-refractivity contribution in [2.75, 3.05) is 0 Å². The van der Waals surface area contributed by atoms with E-state index in [1.54, 1.807) is 13.0 Å². The van der Waals surface area contributed by atoms with Crippen LogP contribution in [-0.4, -0.2) is 20.7 Å². The Labute approximate surface area is 103 Å². The summed E-state index contributed by atoms with van der Waals surface area (Å²) >= 11 is 0. The summed E-state index contributed by atoms with van der Waals surface area (Å²) in [6.07, 6.45) is 3.06. The van der Waals surface area contributed by atoms with E-state index in [2.05, 4.69) is 14.9 Å². The third-order valence-corrected chi connectivity index (χ3v) is 2.63. The minimum absolute atomic E-state index is 0.231. The van der Waals surface area contributed by atoms with Crippen molar-refractivity contribution in [2.45, 2.75) is 32.4 Å². The van der Waals surface area contributed by atoms with E-state index in [0.29, 0.717) is 11.2 Å². The zero-order chi connectivity index (χ0) is 13.3. The van der Waals surface area contributed by atoms with Crippen LogP contribution in [0.4, 0.5) is 8.78 Å². The summed E-state index contributed by atoms with van der Waals surface area (Å²) < 4.78 is 27.2. The van der Waals surface area contributed by atoms with E-state index in [4.69, 9.17) is 6.57 Å². The van der Waals surface area contributed by atoms with Gasteiger partial charge in [0, 0.05) is 19.2 Å². The van der Waals surface area contributed by atoms with E-state index >= 15 is 0 Å². The van der Waals surface area contributed by atoms with Crippen LogP contribution < -0.4 is 0 Å². The predicted octanol–water partition coefficient (Wildman–Crippen LogP) is 3.11. The molecule has 4 nitrogen and oxygen atoms in total. The Morgan fingerprint density at radius 3 is 2.83 bits per heavy atom. The molecule has 2 rings (SSSR count). The average Bonchev–Trinajstić information content (AvgIpc) is 2.68. The highest BCUT2D eigenvalue weighted by molar-refractivity contribution is 5.78. The van der Waals surface area contributed by atoms with Crippen molar-refractivity contribution >= 4 is 10.9 Å². The zero-order valence-corrected chi connectivity index (χ0v) is 10.1. The molecule has 0 bridgehead atoms. The smallest absolute Gasteiger partial charge is 0.257 e. The standard InChI is InChI=1S/C12H13F2N4/c1-8(15-3)10-4-9-5-17-18(7-12(2,13)14)11(9)6-16-10/h3-6,8H,7H2,1-2H3/q+1/t8-/m1/s1. The molecule has 2 heterocycles. The molecule has 0 aromatic carbocycles. The number of fused-ring (bicyclic) bond motifs is 1. The quantitative estimate of drug-likeness (QED) is 0.840. The largest absolute Gasteiger partial charge is 0.310 e. The van der Waals surface area contributed by atoms with Crippen LogP contribution in [0.1, 0.15) is 25.6 Å². The predicted molar refractivity (Wildman–Crippen MR) is 64.9 cm³/mol. The van der Waals surface area contributed by atoms with Crippen LogP contribution in [0.3, 0.4) is 0 Å². The lowest BCUT2D eigenvalue weighted by Crippen LogP contribution is -2.20. The molecule has 2 aromatic rings. The lowest BCUT2D eigenvalue weighted by Gasteiger charge is -2.10. The molecule has 0 aliphatic heterocycles. The summed E-state index contributed by atoms with van der Waals surface area (Å²) in [5.41, 5.74) is 1.26. The first-order valence-corrected chi connectivity index (χ1v) is 5.50. The molecule has 0 saturated heterocycles. The molecule has 94 valence electrons. The van der Waals surface area contributed by atoms with Gasteiger partial charge < -0.3 is 0 Å². The van der Waals surface area contributed by atoms with Gasteiger partial charge in [-0.05, 0) is 6.07 Å². The van der Waals surface area contributed by atoms with Gasteiger partial charge in [-0.15, -0.1) is 0 Å². The van der Waals surface area contributed by atoms with E-state index in [-0.39, 0.29) is 6.04 Å². The van der Waals surface area contributed by atoms with Gasteiger partial charge in [0.2, 0.25) is 0 Å². The number of halogens is 2. The van der Waals surface area contributed by atoms with Gasteiger partial charge in [-0.25, -0.2) is 8.78 Å². The number of nitrogens with zero attached hydrogens (tertiary/aromatic N) is 4. The molecule has 0 radical (unpaired) electrons. The van der Waals surface area contributed by atoms with Gasteiger partial charge in [0.1, 0.15) is 12.2 Å².